The number of rotatable bonds is 6. The lowest BCUT2D eigenvalue weighted by Gasteiger charge is -2.06. The van der Waals surface area contributed by atoms with Crippen LogP contribution in [-0.4, -0.2) is 32.0 Å². The first-order valence-electron chi connectivity index (χ1n) is 8.68. The van der Waals surface area contributed by atoms with Crippen LogP contribution in [0.25, 0.3) is 11.4 Å². The summed E-state index contributed by atoms with van der Waals surface area (Å²) in [6, 6.07) is 12.7. The zero-order valence-corrected chi connectivity index (χ0v) is 16.2. The van der Waals surface area contributed by atoms with E-state index in [1.807, 2.05) is 24.3 Å². The Labute approximate surface area is 166 Å². The van der Waals surface area contributed by atoms with E-state index in [0.717, 1.165) is 6.42 Å². The molecule has 0 spiro atoms. The summed E-state index contributed by atoms with van der Waals surface area (Å²) in [5.41, 5.74) is 3.03. The normalized spacial score (nSPS) is 10.5. The zero-order valence-electron chi connectivity index (χ0n) is 15.4. The van der Waals surface area contributed by atoms with Gasteiger partial charge in [0.25, 0.3) is 0 Å². The molecule has 0 saturated carbocycles. The Hall–Kier alpha value is -3.26. The van der Waals surface area contributed by atoms with Crippen LogP contribution in [0.1, 0.15) is 19.4 Å². The minimum atomic E-state index is -0.257. The van der Waals surface area contributed by atoms with E-state index in [-0.39, 0.29) is 18.4 Å². The van der Waals surface area contributed by atoms with E-state index in [2.05, 4.69) is 33.0 Å². The van der Waals surface area contributed by atoms with Crippen molar-refractivity contribution < 1.29 is 9.59 Å². The number of amides is 2. The lowest BCUT2D eigenvalue weighted by atomic mass is 10.1. The van der Waals surface area contributed by atoms with Crippen molar-refractivity contribution in [2.75, 3.05) is 10.6 Å². The molecule has 0 atom stereocenters. The number of aromatic nitrogens is 4. The minimum absolute atomic E-state index is 0.0692. The van der Waals surface area contributed by atoms with E-state index in [4.69, 9.17) is 11.6 Å². The number of halogens is 1. The topological polar surface area (TPSA) is 102 Å². The molecular formula is C19H19ClN6O2. The summed E-state index contributed by atoms with van der Waals surface area (Å²) in [6.07, 6.45) is 0.940. The molecule has 1 heterocycles. The number of carbonyl (C=O) groups is 2. The van der Waals surface area contributed by atoms with E-state index in [1.165, 1.54) is 17.3 Å². The maximum absolute atomic E-state index is 12.2. The molecule has 0 aliphatic rings. The molecule has 2 N–H and O–H groups in total. The summed E-state index contributed by atoms with van der Waals surface area (Å²) in [4.78, 5) is 24.5. The first kappa shape index (κ1) is 19.5. The fourth-order valence-electron chi connectivity index (χ4n) is 2.52. The Morgan fingerprint density at radius 1 is 1.11 bits per heavy atom. The molecule has 9 heteroatoms. The predicted octanol–water partition coefficient (Wildman–Crippen LogP) is 3.15. The van der Waals surface area contributed by atoms with E-state index in [1.54, 1.807) is 18.2 Å². The van der Waals surface area contributed by atoms with Gasteiger partial charge in [0.1, 0.15) is 6.54 Å². The fourth-order valence-corrected chi connectivity index (χ4v) is 2.75. The van der Waals surface area contributed by atoms with Crippen molar-refractivity contribution >= 4 is 34.8 Å². The summed E-state index contributed by atoms with van der Waals surface area (Å²) >= 11 is 6.16. The molecule has 28 heavy (non-hydrogen) atoms. The largest absolute Gasteiger partial charge is 0.325 e. The number of hydrogen-bond acceptors (Lipinski definition) is 5. The van der Waals surface area contributed by atoms with E-state index in [0.29, 0.717) is 27.8 Å². The van der Waals surface area contributed by atoms with Gasteiger partial charge in [-0.25, -0.2) is 0 Å². The first-order chi connectivity index (χ1) is 13.4. The monoisotopic (exact) mass is 398 g/mol. The third-order valence-electron chi connectivity index (χ3n) is 3.92. The number of aryl methyl sites for hydroxylation is 1. The van der Waals surface area contributed by atoms with E-state index < -0.39 is 0 Å². The second kappa shape index (κ2) is 8.62. The second-order valence-electron chi connectivity index (χ2n) is 6.12. The molecular weight excluding hydrogens is 380 g/mol. The molecule has 0 aliphatic heterocycles. The van der Waals surface area contributed by atoms with Crippen LogP contribution in [0, 0.1) is 0 Å². The number of benzene rings is 2. The van der Waals surface area contributed by atoms with Crippen molar-refractivity contribution in [3.8, 4) is 11.4 Å². The van der Waals surface area contributed by atoms with Crippen LogP contribution in [0.3, 0.4) is 0 Å². The molecule has 2 amide bonds. The van der Waals surface area contributed by atoms with Crippen LogP contribution in [0.2, 0.25) is 5.02 Å². The van der Waals surface area contributed by atoms with Gasteiger partial charge >= 0.3 is 0 Å². The highest BCUT2D eigenvalue weighted by atomic mass is 35.5. The lowest BCUT2D eigenvalue weighted by molar-refractivity contribution is -0.117. The van der Waals surface area contributed by atoms with Gasteiger partial charge in [0.05, 0.1) is 10.7 Å². The summed E-state index contributed by atoms with van der Waals surface area (Å²) in [5.74, 6) is -0.141. The molecule has 1 aromatic heterocycles. The van der Waals surface area contributed by atoms with Gasteiger partial charge in [-0.1, -0.05) is 30.7 Å². The molecule has 0 unspecified atom stereocenters. The standard InChI is InChI=1S/C19H19ClN6O2/c1-3-13-4-7-15(8-5-13)22-18(28)11-26-24-19(23-25-26)14-6-9-17(16(20)10-14)21-12(2)27/h4-10H,3,11H2,1-2H3,(H,21,27)(H,22,28). The quantitative estimate of drug-likeness (QED) is 0.664. The molecule has 0 fully saturated rings. The van der Waals surface area contributed by atoms with Crippen molar-refractivity contribution in [1.29, 1.82) is 0 Å². The molecule has 8 nitrogen and oxygen atoms in total. The highest BCUT2D eigenvalue weighted by Crippen LogP contribution is 2.26. The fraction of sp³-hybridized carbons (Fsp3) is 0.211. The van der Waals surface area contributed by atoms with Gasteiger partial charge in [-0.05, 0) is 47.5 Å². The number of carbonyl (C=O) groups excluding carboxylic acids is 2. The molecule has 3 rings (SSSR count). The highest BCUT2D eigenvalue weighted by molar-refractivity contribution is 6.34. The number of nitrogens with zero attached hydrogens (tertiary/aromatic N) is 4. The average molecular weight is 399 g/mol. The van der Waals surface area contributed by atoms with Gasteiger partial charge in [0.15, 0.2) is 0 Å². The Kier molecular flexibility index (Phi) is 6.00. The zero-order chi connectivity index (χ0) is 20.1. The van der Waals surface area contributed by atoms with Gasteiger partial charge in [-0.15, -0.1) is 10.2 Å². The van der Waals surface area contributed by atoms with Crippen LogP contribution in [-0.2, 0) is 22.6 Å². The van der Waals surface area contributed by atoms with Gasteiger partial charge in [-0.2, -0.15) is 4.80 Å². The lowest BCUT2D eigenvalue weighted by Crippen LogP contribution is -2.20. The van der Waals surface area contributed by atoms with Crippen LogP contribution in [0.15, 0.2) is 42.5 Å². The first-order valence-corrected chi connectivity index (χ1v) is 9.06. The maximum Gasteiger partial charge on any atom is 0.248 e. The smallest absolute Gasteiger partial charge is 0.248 e. The van der Waals surface area contributed by atoms with Crippen molar-refractivity contribution in [1.82, 2.24) is 20.2 Å². The van der Waals surface area contributed by atoms with Gasteiger partial charge in [0, 0.05) is 18.2 Å². The van der Waals surface area contributed by atoms with E-state index in [9.17, 15) is 9.59 Å². The molecule has 0 bridgehead atoms. The third kappa shape index (κ3) is 4.92. The SMILES string of the molecule is CCc1ccc(NC(=O)Cn2nnc(-c3ccc(NC(C)=O)c(Cl)c3)n2)cc1. The predicted molar refractivity (Wildman–Crippen MR) is 107 cm³/mol. The number of tetrazole rings is 1. The second-order valence-corrected chi connectivity index (χ2v) is 6.53. The molecule has 0 aliphatic carbocycles. The van der Waals surface area contributed by atoms with Crippen LogP contribution < -0.4 is 10.6 Å². The Bertz CT molecular complexity index is 1000. The van der Waals surface area contributed by atoms with Crippen LogP contribution in [0.5, 0.6) is 0 Å². The number of anilines is 2. The van der Waals surface area contributed by atoms with Gasteiger partial charge < -0.3 is 10.6 Å². The Morgan fingerprint density at radius 2 is 1.86 bits per heavy atom. The Balaban J connectivity index is 1.65. The Morgan fingerprint density at radius 3 is 2.50 bits per heavy atom. The van der Waals surface area contributed by atoms with Crippen molar-refractivity contribution in [2.24, 2.45) is 0 Å². The van der Waals surface area contributed by atoms with Gasteiger partial charge in [0.2, 0.25) is 17.6 Å². The number of nitrogens with one attached hydrogen (secondary N) is 2. The minimum Gasteiger partial charge on any atom is -0.325 e. The maximum atomic E-state index is 12.2. The average Bonchev–Trinajstić information content (AvgIpc) is 3.12. The van der Waals surface area contributed by atoms with Gasteiger partial charge in [-0.3, -0.25) is 9.59 Å². The van der Waals surface area contributed by atoms with Crippen molar-refractivity contribution in [2.45, 2.75) is 26.8 Å². The summed E-state index contributed by atoms with van der Waals surface area (Å²) in [7, 11) is 0. The van der Waals surface area contributed by atoms with Crippen molar-refractivity contribution in [3.05, 3.63) is 53.1 Å². The third-order valence-corrected chi connectivity index (χ3v) is 4.23. The van der Waals surface area contributed by atoms with Crippen LogP contribution in [0.4, 0.5) is 11.4 Å². The summed E-state index contributed by atoms with van der Waals surface area (Å²) in [5, 5.41) is 17.9. The van der Waals surface area contributed by atoms with Crippen molar-refractivity contribution in [3.63, 3.8) is 0 Å². The summed E-state index contributed by atoms with van der Waals surface area (Å²) < 4.78 is 0. The van der Waals surface area contributed by atoms with Crippen LogP contribution >= 0.6 is 11.6 Å². The molecule has 0 saturated heterocycles. The molecule has 3 aromatic rings. The highest BCUT2D eigenvalue weighted by Gasteiger charge is 2.12. The molecule has 0 radical (unpaired) electrons. The molecule has 144 valence electrons. The summed E-state index contributed by atoms with van der Waals surface area (Å²) in [6.45, 7) is 3.41. The molecule has 2 aromatic carbocycles. The van der Waals surface area contributed by atoms with E-state index >= 15 is 0 Å². The number of hydrogen-bond donors (Lipinski definition) is 2.